The number of imide groups is 1. The molecule has 0 aliphatic carbocycles. The predicted octanol–water partition coefficient (Wildman–Crippen LogP) is 3.72. The van der Waals surface area contributed by atoms with Gasteiger partial charge in [-0.3, -0.25) is 4.79 Å². The van der Waals surface area contributed by atoms with E-state index in [4.69, 9.17) is 16.3 Å². The summed E-state index contributed by atoms with van der Waals surface area (Å²) in [5.74, 6) is -0.139. The molecule has 2 aromatic carbocycles. The minimum Gasteiger partial charge on any atom is -0.457 e. The molecule has 118 valence electrons. The predicted molar refractivity (Wildman–Crippen MR) is 83.4 cm³/mol. The summed E-state index contributed by atoms with van der Waals surface area (Å²) >= 11 is 5.76. The van der Waals surface area contributed by atoms with Crippen molar-refractivity contribution in [2.75, 3.05) is 4.90 Å². The molecular weight excluding hydrogens is 323 g/mol. The van der Waals surface area contributed by atoms with Crippen LogP contribution in [0, 0.1) is 5.82 Å². The molecule has 23 heavy (non-hydrogen) atoms. The molecule has 0 spiro atoms. The second-order valence-electron chi connectivity index (χ2n) is 5.05. The number of carbonyl (C=O) groups is 2. The number of benzene rings is 2. The lowest BCUT2D eigenvalue weighted by molar-refractivity contribution is -0.117. The average molecular weight is 335 g/mol. The number of ether oxygens (including phenoxy) is 1. The number of urea groups is 1. The van der Waals surface area contributed by atoms with E-state index in [1.54, 1.807) is 31.2 Å². The van der Waals surface area contributed by atoms with Gasteiger partial charge in [-0.1, -0.05) is 11.6 Å². The molecule has 3 rings (SSSR count). The van der Waals surface area contributed by atoms with E-state index < -0.39 is 17.9 Å². The zero-order chi connectivity index (χ0) is 16.6. The first kappa shape index (κ1) is 15.3. The van der Waals surface area contributed by atoms with Gasteiger partial charge in [-0.05, 0) is 43.3 Å². The third-order valence-electron chi connectivity index (χ3n) is 3.30. The highest BCUT2D eigenvalue weighted by Crippen LogP contribution is 2.28. The van der Waals surface area contributed by atoms with E-state index in [0.29, 0.717) is 11.4 Å². The molecule has 1 aliphatic rings. The average Bonchev–Trinajstić information content (AvgIpc) is 2.72. The molecule has 0 saturated carbocycles. The van der Waals surface area contributed by atoms with Crippen molar-refractivity contribution in [3.8, 4) is 11.5 Å². The maximum atomic E-state index is 13.3. The van der Waals surface area contributed by atoms with E-state index in [0.717, 1.165) is 4.90 Å². The number of amides is 3. The van der Waals surface area contributed by atoms with Gasteiger partial charge < -0.3 is 10.1 Å². The summed E-state index contributed by atoms with van der Waals surface area (Å²) in [6.07, 6.45) is 0. The van der Waals surface area contributed by atoms with E-state index in [1.165, 1.54) is 18.2 Å². The smallest absolute Gasteiger partial charge is 0.329 e. The second kappa shape index (κ2) is 5.89. The highest BCUT2D eigenvalue weighted by molar-refractivity contribution is 6.30. The molecule has 0 unspecified atom stereocenters. The first-order valence-corrected chi connectivity index (χ1v) is 7.20. The summed E-state index contributed by atoms with van der Waals surface area (Å²) < 4.78 is 18.8. The summed E-state index contributed by atoms with van der Waals surface area (Å²) in [7, 11) is 0. The van der Waals surface area contributed by atoms with E-state index in [1.807, 2.05) is 0 Å². The Morgan fingerprint density at radius 1 is 1.13 bits per heavy atom. The van der Waals surface area contributed by atoms with Crippen molar-refractivity contribution >= 4 is 29.2 Å². The summed E-state index contributed by atoms with van der Waals surface area (Å²) in [4.78, 5) is 24.7. The zero-order valence-electron chi connectivity index (χ0n) is 12.0. The van der Waals surface area contributed by atoms with E-state index in [2.05, 4.69) is 5.32 Å². The van der Waals surface area contributed by atoms with Crippen molar-refractivity contribution < 1.29 is 18.7 Å². The summed E-state index contributed by atoms with van der Waals surface area (Å²) in [5, 5.41) is 2.76. The molecule has 2 aromatic rings. The monoisotopic (exact) mass is 334 g/mol. The number of hydrogen-bond acceptors (Lipinski definition) is 3. The van der Waals surface area contributed by atoms with Crippen LogP contribution in [0.1, 0.15) is 6.92 Å². The largest absolute Gasteiger partial charge is 0.457 e. The number of carbonyl (C=O) groups excluding carboxylic acids is 2. The Labute approximate surface area is 136 Å². The van der Waals surface area contributed by atoms with Gasteiger partial charge in [0.2, 0.25) is 0 Å². The maximum absolute atomic E-state index is 13.3. The lowest BCUT2D eigenvalue weighted by atomic mass is 10.2. The molecule has 1 heterocycles. The lowest BCUT2D eigenvalue weighted by Crippen LogP contribution is -2.30. The Kier molecular flexibility index (Phi) is 3.92. The van der Waals surface area contributed by atoms with Gasteiger partial charge in [-0.2, -0.15) is 0 Å². The Hall–Kier alpha value is -2.60. The summed E-state index contributed by atoms with van der Waals surface area (Å²) in [6, 6.07) is 9.17. The van der Waals surface area contributed by atoms with Crippen LogP contribution in [-0.2, 0) is 4.79 Å². The molecule has 1 fully saturated rings. The number of nitrogens with zero attached hydrogens (tertiary/aromatic N) is 1. The number of hydrogen-bond donors (Lipinski definition) is 1. The van der Waals surface area contributed by atoms with Gasteiger partial charge in [-0.25, -0.2) is 14.1 Å². The highest BCUT2D eigenvalue weighted by atomic mass is 35.5. The minimum atomic E-state index is -0.548. The van der Waals surface area contributed by atoms with Crippen LogP contribution < -0.4 is 15.0 Å². The Balaban J connectivity index is 1.80. The molecule has 0 bridgehead atoms. The fourth-order valence-corrected chi connectivity index (χ4v) is 2.45. The zero-order valence-corrected chi connectivity index (χ0v) is 12.8. The van der Waals surface area contributed by atoms with Crippen molar-refractivity contribution in [1.29, 1.82) is 0 Å². The molecule has 3 amide bonds. The molecule has 1 aliphatic heterocycles. The number of rotatable bonds is 3. The van der Waals surface area contributed by atoms with Crippen LogP contribution in [0.3, 0.4) is 0 Å². The van der Waals surface area contributed by atoms with Crippen molar-refractivity contribution in [1.82, 2.24) is 5.32 Å². The first-order valence-electron chi connectivity index (χ1n) is 6.82. The molecular formula is C16H12ClFN2O3. The topological polar surface area (TPSA) is 58.6 Å². The Morgan fingerprint density at radius 2 is 1.83 bits per heavy atom. The van der Waals surface area contributed by atoms with Crippen molar-refractivity contribution in [3.63, 3.8) is 0 Å². The van der Waals surface area contributed by atoms with E-state index in [-0.39, 0.29) is 16.7 Å². The molecule has 1 saturated heterocycles. The normalized spacial score (nSPS) is 17.3. The molecule has 5 nitrogen and oxygen atoms in total. The van der Waals surface area contributed by atoms with Gasteiger partial charge in [0, 0.05) is 11.1 Å². The van der Waals surface area contributed by atoms with Crippen molar-refractivity contribution in [3.05, 3.63) is 53.3 Å². The summed E-state index contributed by atoms with van der Waals surface area (Å²) in [5.41, 5.74) is 0.432. The summed E-state index contributed by atoms with van der Waals surface area (Å²) in [6.45, 7) is 1.62. The minimum absolute atomic E-state index is 0.227. The number of anilines is 1. The van der Waals surface area contributed by atoms with E-state index in [9.17, 15) is 14.0 Å². The highest BCUT2D eigenvalue weighted by Gasteiger charge is 2.36. The number of halogens is 2. The first-order chi connectivity index (χ1) is 10.9. The fourth-order valence-electron chi connectivity index (χ4n) is 2.24. The van der Waals surface area contributed by atoms with Gasteiger partial charge in [0.05, 0.1) is 5.69 Å². The van der Waals surface area contributed by atoms with Gasteiger partial charge in [-0.15, -0.1) is 0 Å². The molecule has 1 atom stereocenters. The molecule has 0 radical (unpaired) electrons. The van der Waals surface area contributed by atoms with Crippen LogP contribution in [-0.4, -0.2) is 18.0 Å². The molecule has 0 aromatic heterocycles. The maximum Gasteiger partial charge on any atom is 0.329 e. The van der Waals surface area contributed by atoms with Gasteiger partial charge in [0.1, 0.15) is 23.4 Å². The van der Waals surface area contributed by atoms with Crippen molar-refractivity contribution in [2.24, 2.45) is 0 Å². The van der Waals surface area contributed by atoms with Crippen LogP contribution in [0.4, 0.5) is 14.9 Å². The number of nitrogens with one attached hydrogen (secondary N) is 1. The second-order valence-corrected chi connectivity index (χ2v) is 5.48. The fraction of sp³-hybridized carbons (Fsp3) is 0.125. The molecule has 7 heteroatoms. The standard InChI is InChI=1S/C16H12ClFN2O3/c1-9-15(21)20(16(22)19-9)12-2-4-13(5-3-12)23-14-7-10(17)6-11(18)8-14/h2-9H,1H3,(H,19,22)/t9-/m1/s1. The van der Waals surface area contributed by atoms with Crippen LogP contribution in [0.5, 0.6) is 11.5 Å². The lowest BCUT2D eigenvalue weighted by Gasteiger charge is -2.13. The quantitative estimate of drug-likeness (QED) is 0.870. The van der Waals surface area contributed by atoms with Crippen molar-refractivity contribution in [2.45, 2.75) is 13.0 Å². The van der Waals surface area contributed by atoms with Crippen LogP contribution in [0.2, 0.25) is 5.02 Å². The SMILES string of the molecule is C[C@H]1NC(=O)N(c2ccc(Oc3cc(F)cc(Cl)c3)cc2)C1=O. The Morgan fingerprint density at radius 3 is 2.39 bits per heavy atom. The van der Waals surface area contributed by atoms with Gasteiger partial charge in [0.25, 0.3) is 5.91 Å². The third kappa shape index (κ3) is 3.12. The van der Waals surface area contributed by atoms with Crippen LogP contribution in [0.25, 0.3) is 0 Å². The van der Waals surface area contributed by atoms with Gasteiger partial charge in [0.15, 0.2) is 0 Å². The van der Waals surface area contributed by atoms with Gasteiger partial charge >= 0.3 is 6.03 Å². The molecule has 1 N–H and O–H groups in total. The van der Waals surface area contributed by atoms with Crippen LogP contribution in [0.15, 0.2) is 42.5 Å². The Bertz CT molecular complexity index is 759. The van der Waals surface area contributed by atoms with E-state index >= 15 is 0 Å². The third-order valence-corrected chi connectivity index (χ3v) is 3.52. The van der Waals surface area contributed by atoms with Crippen LogP contribution >= 0.6 is 11.6 Å².